The number of anilines is 1. The van der Waals surface area contributed by atoms with Crippen LogP contribution in [0.4, 0.5) is 5.69 Å². The molecule has 1 unspecified atom stereocenters. The SMILES string of the molecule is CC(C)OC(=O)c1cccc(N2C(=O)C(=O)/C(=C(\O)c3ccc4c(c3)OCO4)C2c2ccncc2)c1. The molecule has 0 bridgehead atoms. The summed E-state index contributed by atoms with van der Waals surface area (Å²) in [4.78, 5) is 44.4. The molecule has 5 rings (SSSR count). The number of benzene rings is 2. The molecule has 1 N–H and O–H groups in total. The molecular weight excluding hydrogens is 464 g/mol. The molecule has 1 saturated heterocycles. The fraction of sp³-hybridized carbons (Fsp3) is 0.185. The number of aliphatic hydroxyl groups is 1. The quantitative estimate of drug-likeness (QED) is 0.249. The van der Waals surface area contributed by atoms with E-state index in [1.165, 1.54) is 23.4 Å². The summed E-state index contributed by atoms with van der Waals surface area (Å²) in [7, 11) is 0. The van der Waals surface area contributed by atoms with E-state index in [0.29, 0.717) is 28.3 Å². The number of hydrogen-bond acceptors (Lipinski definition) is 8. The van der Waals surface area contributed by atoms with Crippen molar-refractivity contribution in [2.45, 2.75) is 26.0 Å². The predicted molar refractivity (Wildman–Crippen MR) is 129 cm³/mol. The largest absolute Gasteiger partial charge is 0.507 e. The van der Waals surface area contributed by atoms with Crippen LogP contribution in [0.5, 0.6) is 11.5 Å². The van der Waals surface area contributed by atoms with E-state index in [2.05, 4.69) is 4.98 Å². The molecule has 1 aromatic heterocycles. The molecule has 182 valence electrons. The highest BCUT2D eigenvalue weighted by molar-refractivity contribution is 6.51. The first-order chi connectivity index (χ1) is 17.3. The van der Waals surface area contributed by atoms with Crippen LogP contribution in [0, 0.1) is 0 Å². The number of rotatable bonds is 5. The Labute approximate surface area is 206 Å². The van der Waals surface area contributed by atoms with Crippen molar-refractivity contribution in [3.8, 4) is 11.5 Å². The highest BCUT2D eigenvalue weighted by atomic mass is 16.7. The van der Waals surface area contributed by atoms with Crippen LogP contribution in [0.3, 0.4) is 0 Å². The van der Waals surface area contributed by atoms with Crippen LogP contribution < -0.4 is 14.4 Å². The van der Waals surface area contributed by atoms with Gasteiger partial charge in [-0.05, 0) is 67.9 Å². The number of amides is 1. The third-order valence-corrected chi connectivity index (χ3v) is 5.82. The fourth-order valence-electron chi connectivity index (χ4n) is 4.22. The smallest absolute Gasteiger partial charge is 0.338 e. The maximum atomic E-state index is 13.3. The molecule has 36 heavy (non-hydrogen) atoms. The van der Waals surface area contributed by atoms with Gasteiger partial charge in [-0.3, -0.25) is 19.5 Å². The second-order valence-corrected chi connectivity index (χ2v) is 8.52. The van der Waals surface area contributed by atoms with Crippen molar-refractivity contribution in [2.24, 2.45) is 0 Å². The second kappa shape index (κ2) is 9.18. The van der Waals surface area contributed by atoms with Gasteiger partial charge in [-0.2, -0.15) is 0 Å². The summed E-state index contributed by atoms with van der Waals surface area (Å²) in [5.74, 6) is -1.67. The van der Waals surface area contributed by atoms with Crippen molar-refractivity contribution in [3.63, 3.8) is 0 Å². The Bertz CT molecular complexity index is 1400. The Morgan fingerprint density at radius 1 is 1.03 bits per heavy atom. The summed E-state index contributed by atoms with van der Waals surface area (Å²) in [5, 5.41) is 11.3. The summed E-state index contributed by atoms with van der Waals surface area (Å²) >= 11 is 0. The number of nitrogens with zero attached hydrogens (tertiary/aromatic N) is 2. The maximum absolute atomic E-state index is 13.3. The van der Waals surface area contributed by atoms with Crippen molar-refractivity contribution in [3.05, 3.63) is 89.3 Å². The molecule has 2 aliphatic heterocycles. The zero-order valence-corrected chi connectivity index (χ0v) is 19.5. The lowest BCUT2D eigenvalue weighted by molar-refractivity contribution is -0.132. The number of aromatic nitrogens is 1. The Morgan fingerprint density at radius 2 is 1.78 bits per heavy atom. The number of ketones is 1. The van der Waals surface area contributed by atoms with E-state index in [-0.39, 0.29) is 29.8 Å². The highest BCUT2D eigenvalue weighted by Crippen LogP contribution is 2.43. The number of aliphatic hydroxyl groups excluding tert-OH is 1. The van der Waals surface area contributed by atoms with Crippen LogP contribution in [-0.4, -0.2) is 40.6 Å². The van der Waals surface area contributed by atoms with Crippen LogP contribution in [-0.2, 0) is 14.3 Å². The first-order valence-electron chi connectivity index (χ1n) is 11.3. The molecule has 2 aliphatic rings. The van der Waals surface area contributed by atoms with Gasteiger partial charge in [-0.1, -0.05) is 6.07 Å². The van der Waals surface area contributed by atoms with Gasteiger partial charge in [0.25, 0.3) is 11.7 Å². The van der Waals surface area contributed by atoms with Crippen LogP contribution >= 0.6 is 0 Å². The molecule has 1 atom stereocenters. The van der Waals surface area contributed by atoms with E-state index in [4.69, 9.17) is 14.2 Å². The van der Waals surface area contributed by atoms with Crippen LogP contribution in [0.1, 0.15) is 41.4 Å². The van der Waals surface area contributed by atoms with E-state index < -0.39 is 23.7 Å². The lowest BCUT2D eigenvalue weighted by atomic mass is 9.95. The van der Waals surface area contributed by atoms with Crippen molar-refractivity contribution in [1.82, 2.24) is 4.98 Å². The average molecular weight is 486 g/mol. The second-order valence-electron chi connectivity index (χ2n) is 8.52. The van der Waals surface area contributed by atoms with Crippen molar-refractivity contribution in [2.75, 3.05) is 11.7 Å². The summed E-state index contributed by atoms with van der Waals surface area (Å²) in [6.45, 7) is 3.52. The third-order valence-electron chi connectivity index (χ3n) is 5.82. The van der Waals surface area contributed by atoms with E-state index in [9.17, 15) is 19.5 Å². The van der Waals surface area contributed by atoms with Gasteiger partial charge >= 0.3 is 5.97 Å². The van der Waals surface area contributed by atoms with Crippen molar-refractivity contribution < 1.29 is 33.7 Å². The normalized spacial score (nSPS) is 18.1. The monoisotopic (exact) mass is 486 g/mol. The first kappa shape index (κ1) is 23.1. The van der Waals surface area contributed by atoms with Crippen LogP contribution in [0.2, 0.25) is 0 Å². The average Bonchev–Trinajstić information content (AvgIpc) is 3.45. The number of hydrogen-bond donors (Lipinski definition) is 1. The third kappa shape index (κ3) is 4.04. The number of carbonyl (C=O) groups excluding carboxylic acids is 3. The first-order valence-corrected chi connectivity index (χ1v) is 11.3. The van der Waals surface area contributed by atoms with Crippen LogP contribution in [0.15, 0.2) is 72.6 Å². The van der Waals surface area contributed by atoms with Gasteiger partial charge in [0.15, 0.2) is 11.5 Å². The molecule has 1 fully saturated rings. The Morgan fingerprint density at radius 3 is 2.53 bits per heavy atom. The van der Waals surface area contributed by atoms with Crippen molar-refractivity contribution in [1.29, 1.82) is 0 Å². The summed E-state index contributed by atoms with van der Waals surface area (Å²) < 4.78 is 16.0. The van der Waals surface area contributed by atoms with Gasteiger partial charge < -0.3 is 19.3 Å². The number of ether oxygens (including phenoxy) is 3. The summed E-state index contributed by atoms with van der Waals surface area (Å²) in [6, 6.07) is 13.4. The molecule has 0 aliphatic carbocycles. The molecule has 3 aromatic rings. The van der Waals surface area contributed by atoms with Gasteiger partial charge in [-0.25, -0.2) is 4.79 Å². The molecule has 2 aromatic carbocycles. The van der Waals surface area contributed by atoms with Gasteiger partial charge in [0.05, 0.1) is 23.3 Å². The molecule has 3 heterocycles. The van der Waals surface area contributed by atoms with Gasteiger partial charge in [-0.15, -0.1) is 0 Å². The van der Waals surface area contributed by atoms with Gasteiger partial charge in [0.1, 0.15) is 5.76 Å². The van der Waals surface area contributed by atoms with E-state index in [1.54, 1.807) is 62.4 Å². The molecule has 9 nitrogen and oxygen atoms in total. The van der Waals surface area contributed by atoms with E-state index in [1.807, 2.05) is 0 Å². The van der Waals surface area contributed by atoms with E-state index in [0.717, 1.165) is 0 Å². The predicted octanol–water partition coefficient (Wildman–Crippen LogP) is 4.00. The Kier molecular flexibility index (Phi) is 5.89. The molecular formula is C27H22N2O7. The van der Waals surface area contributed by atoms with Gasteiger partial charge in [0.2, 0.25) is 6.79 Å². The fourth-order valence-corrected chi connectivity index (χ4v) is 4.22. The molecule has 0 spiro atoms. The zero-order valence-electron chi connectivity index (χ0n) is 19.5. The Hall–Kier alpha value is -4.66. The molecule has 1 amide bonds. The number of Topliss-reactive ketones (excluding diaryl/α,β-unsaturated/α-hetero) is 1. The number of pyridine rings is 1. The summed E-state index contributed by atoms with van der Waals surface area (Å²) in [5.41, 5.74) is 1.29. The highest BCUT2D eigenvalue weighted by Gasteiger charge is 2.47. The number of fused-ring (bicyclic) bond motifs is 1. The lowest BCUT2D eigenvalue weighted by Gasteiger charge is -2.25. The molecule has 9 heteroatoms. The zero-order chi connectivity index (χ0) is 25.4. The standard InChI is InChI=1S/C27H22N2O7/c1-15(2)36-27(33)18-4-3-5-19(12-18)29-23(16-8-10-28-11-9-16)22(25(31)26(29)32)24(30)17-6-7-20-21(13-17)35-14-34-20/h3-13,15,23,30H,14H2,1-2H3/b24-22-. The van der Waals surface area contributed by atoms with Crippen LogP contribution in [0.25, 0.3) is 5.76 Å². The molecule has 0 radical (unpaired) electrons. The Balaban J connectivity index is 1.64. The number of esters is 1. The minimum absolute atomic E-state index is 0.0521. The summed E-state index contributed by atoms with van der Waals surface area (Å²) in [6.07, 6.45) is 2.74. The van der Waals surface area contributed by atoms with Gasteiger partial charge in [0, 0.05) is 23.6 Å². The van der Waals surface area contributed by atoms with Crippen molar-refractivity contribution >= 4 is 29.1 Å². The number of carbonyl (C=O) groups is 3. The minimum atomic E-state index is -0.963. The lowest BCUT2D eigenvalue weighted by Crippen LogP contribution is -2.29. The minimum Gasteiger partial charge on any atom is -0.507 e. The van der Waals surface area contributed by atoms with E-state index >= 15 is 0 Å². The topological polar surface area (TPSA) is 115 Å². The maximum Gasteiger partial charge on any atom is 0.338 e. The molecule has 0 saturated carbocycles.